The molecule has 0 unspecified atom stereocenters. The van der Waals surface area contributed by atoms with Crippen molar-refractivity contribution >= 4 is 23.5 Å². The molecule has 2 fully saturated rings. The SMILES string of the molecule is CC(C)(C)OC(=O)CCCc1ccc(O)cc1.CC(C)(C)OC(=O)CCCc1ccc(OCCN2CCCCCC2)cc1.ClCCN1CCCCCC1. The molecule has 1 N–H and O–H groups in total. The number of esters is 2. The summed E-state index contributed by atoms with van der Waals surface area (Å²) in [7, 11) is 0. The quantitative estimate of drug-likeness (QED) is 0.151. The Balaban J connectivity index is 0.000000307. The van der Waals surface area contributed by atoms with E-state index in [0.717, 1.165) is 62.6 Å². The van der Waals surface area contributed by atoms with Gasteiger partial charge in [0.1, 0.15) is 29.3 Å². The number of hydrogen-bond acceptors (Lipinski definition) is 8. The Hall–Kier alpha value is -2.81. The molecule has 0 spiro atoms. The van der Waals surface area contributed by atoms with Gasteiger partial charge in [0.05, 0.1) is 0 Å². The molecule has 2 heterocycles. The molecule has 0 amide bonds. The first kappa shape index (κ1) is 46.3. The van der Waals surface area contributed by atoms with E-state index in [1.807, 2.05) is 65.8 Å². The summed E-state index contributed by atoms with van der Waals surface area (Å²) in [6.45, 7) is 19.1. The van der Waals surface area contributed by atoms with Gasteiger partial charge in [-0.3, -0.25) is 14.5 Å². The first-order chi connectivity index (χ1) is 25.2. The van der Waals surface area contributed by atoms with Crippen molar-refractivity contribution in [1.82, 2.24) is 9.80 Å². The molecule has 0 radical (unpaired) electrons. The summed E-state index contributed by atoms with van der Waals surface area (Å²) < 4.78 is 16.4. The van der Waals surface area contributed by atoms with Crippen LogP contribution in [0.2, 0.25) is 0 Å². The third-order valence-electron chi connectivity index (χ3n) is 8.87. The molecule has 53 heavy (non-hydrogen) atoms. The van der Waals surface area contributed by atoms with Crippen LogP contribution in [0.15, 0.2) is 48.5 Å². The van der Waals surface area contributed by atoms with E-state index in [9.17, 15) is 9.59 Å². The normalized spacial score (nSPS) is 15.8. The van der Waals surface area contributed by atoms with Crippen molar-refractivity contribution in [3.63, 3.8) is 0 Å². The van der Waals surface area contributed by atoms with E-state index in [1.54, 1.807) is 12.1 Å². The molecule has 0 atom stereocenters. The highest BCUT2D eigenvalue weighted by molar-refractivity contribution is 6.18. The fraction of sp³-hybridized carbons (Fsp3) is 0.682. The van der Waals surface area contributed by atoms with Crippen LogP contribution in [0.5, 0.6) is 11.5 Å². The van der Waals surface area contributed by atoms with E-state index in [4.69, 9.17) is 30.9 Å². The Morgan fingerprint density at radius 3 is 1.42 bits per heavy atom. The maximum atomic E-state index is 11.7. The van der Waals surface area contributed by atoms with Crippen LogP contribution < -0.4 is 4.74 Å². The van der Waals surface area contributed by atoms with Gasteiger partial charge in [0, 0.05) is 31.8 Å². The largest absolute Gasteiger partial charge is 0.508 e. The zero-order valence-electron chi connectivity index (χ0n) is 33.9. The molecular formula is C44H71ClN2O6. The average Bonchev–Trinajstić information content (AvgIpc) is 3.51. The summed E-state index contributed by atoms with van der Waals surface area (Å²) in [5.74, 6) is 1.71. The molecule has 8 nitrogen and oxygen atoms in total. The van der Waals surface area contributed by atoms with Crippen molar-refractivity contribution in [3.05, 3.63) is 59.7 Å². The van der Waals surface area contributed by atoms with Crippen LogP contribution in [0.1, 0.15) is 130 Å². The number of hydrogen-bond donors (Lipinski definition) is 1. The predicted molar refractivity (Wildman–Crippen MR) is 218 cm³/mol. The van der Waals surface area contributed by atoms with Crippen LogP contribution in [0.3, 0.4) is 0 Å². The van der Waals surface area contributed by atoms with Crippen LogP contribution in [0.25, 0.3) is 0 Å². The van der Waals surface area contributed by atoms with Gasteiger partial charge in [-0.25, -0.2) is 0 Å². The molecule has 2 aromatic rings. The molecule has 0 saturated carbocycles. The first-order valence-electron chi connectivity index (χ1n) is 20.2. The molecule has 2 aromatic carbocycles. The van der Waals surface area contributed by atoms with Crippen molar-refractivity contribution in [2.75, 3.05) is 51.8 Å². The van der Waals surface area contributed by atoms with Gasteiger partial charge >= 0.3 is 11.9 Å². The number of benzene rings is 2. The summed E-state index contributed by atoms with van der Waals surface area (Å²) in [4.78, 5) is 28.2. The third kappa shape index (κ3) is 25.0. The second-order valence-corrected chi connectivity index (χ2v) is 16.6. The van der Waals surface area contributed by atoms with Crippen molar-refractivity contribution in [2.45, 2.75) is 143 Å². The Labute approximate surface area is 326 Å². The zero-order chi connectivity index (χ0) is 39.0. The summed E-state index contributed by atoms with van der Waals surface area (Å²) in [5.41, 5.74) is 1.54. The van der Waals surface area contributed by atoms with Gasteiger partial charge in [0.2, 0.25) is 0 Å². The molecule has 300 valence electrons. The summed E-state index contributed by atoms with van der Waals surface area (Å²) in [6.07, 6.45) is 15.1. The second kappa shape index (κ2) is 26.1. The topological polar surface area (TPSA) is 88.5 Å². The number of phenols is 1. The minimum atomic E-state index is -0.407. The average molecular weight is 760 g/mol. The van der Waals surface area contributed by atoms with Gasteiger partial charge in [-0.15, -0.1) is 11.6 Å². The van der Waals surface area contributed by atoms with E-state index >= 15 is 0 Å². The van der Waals surface area contributed by atoms with Crippen molar-refractivity contribution < 1.29 is 28.9 Å². The molecule has 0 aromatic heterocycles. The Morgan fingerprint density at radius 1 is 0.623 bits per heavy atom. The fourth-order valence-corrected chi connectivity index (χ4v) is 6.44. The standard InChI is InChI=1S/C22H35NO3.C14H20O3.C8H16ClN/c1-22(2,3)26-21(24)10-8-9-19-11-13-20(14-12-19)25-18-17-23-15-6-4-5-7-16-23;1-14(2,3)17-13(16)6-4-5-11-7-9-12(15)10-8-11;9-5-8-10-6-3-1-2-4-7-10/h11-14H,4-10,15-18H2,1-3H3;7-10,15H,4-6H2,1-3H3;1-8H2. The molecule has 2 aliphatic rings. The summed E-state index contributed by atoms with van der Waals surface area (Å²) in [5, 5.41) is 9.12. The number of ether oxygens (including phenoxy) is 3. The van der Waals surface area contributed by atoms with Crippen LogP contribution in [0, 0.1) is 0 Å². The number of alkyl halides is 1. The number of phenolic OH excluding ortho intramolecular Hbond substituents is 1. The number of nitrogens with zero attached hydrogens (tertiary/aromatic N) is 2. The van der Waals surface area contributed by atoms with Crippen molar-refractivity contribution in [3.8, 4) is 11.5 Å². The Morgan fingerprint density at radius 2 is 1.02 bits per heavy atom. The minimum Gasteiger partial charge on any atom is -0.508 e. The smallest absolute Gasteiger partial charge is 0.306 e. The number of carbonyl (C=O) groups excluding carboxylic acids is 2. The molecule has 4 rings (SSSR count). The lowest BCUT2D eigenvalue weighted by Gasteiger charge is -2.19. The molecule has 9 heteroatoms. The Bertz CT molecular complexity index is 1240. The van der Waals surface area contributed by atoms with Gasteiger partial charge in [0.25, 0.3) is 0 Å². The molecule has 2 saturated heterocycles. The number of aryl methyl sites for hydroxylation is 2. The number of rotatable bonds is 14. The highest BCUT2D eigenvalue weighted by Gasteiger charge is 2.17. The van der Waals surface area contributed by atoms with E-state index in [0.29, 0.717) is 12.8 Å². The van der Waals surface area contributed by atoms with Crippen LogP contribution in [-0.4, -0.2) is 89.8 Å². The molecule has 0 aliphatic carbocycles. The highest BCUT2D eigenvalue weighted by Crippen LogP contribution is 2.17. The van der Waals surface area contributed by atoms with E-state index < -0.39 is 11.2 Å². The first-order valence-corrected chi connectivity index (χ1v) is 20.7. The van der Waals surface area contributed by atoms with Crippen molar-refractivity contribution in [2.24, 2.45) is 0 Å². The second-order valence-electron chi connectivity index (χ2n) is 16.2. The lowest BCUT2D eigenvalue weighted by Crippen LogP contribution is -2.29. The maximum absolute atomic E-state index is 11.7. The van der Waals surface area contributed by atoms with E-state index in [1.165, 1.54) is 83.1 Å². The summed E-state index contributed by atoms with van der Waals surface area (Å²) >= 11 is 5.65. The molecular weight excluding hydrogens is 688 g/mol. The van der Waals surface area contributed by atoms with Gasteiger partial charge in [0.15, 0.2) is 0 Å². The van der Waals surface area contributed by atoms with E-state index in [2.05, 4.69) is 21.9 Å². The van der Waals surface area contributed by atoms with Crippen LogP contribution in [0.4, 0.5) is 0 Å². The highest BCUT2D eigenvalue weighted by atomic mass is 35.5. The number of aromatic hydroxyl groups is 1. The van der Waals surface area contributed by atoms with Crippen LogP contribution in [-0.2, 0) is 31.9 Å². The lowest BCUT2D eigenvalue weighted by molar-refractivity contribution is -0.156. The minimum absolute atomic E-state index is 0.119. The number of likely N-dealkylation sites (tertiary alicyclic amines) is 2. The van der Waals surface area contributed by atoms with Gasteiger partial charge in [-0.2, -0.15) is 0 Å². The number of carbonyl (C=O) groups is 2. The summed E-state index contributed by atoms with van der Waals surface area (Å²) in [6, 6.07) is 15.3. The van der Waals surface area contributed by atoms with Crippen LogP contribution >= 0.6 is 11.6 Å². The third-order valence-corrected chi connectivity index (χ3v) is 9.04. The maximum Gasteiger partial charge on any atom is 0.306 e. The molecule has 0 bridgehead atoms. The van der Waals surface area contributed by atoms with Gasteiger partial charge < -0.3 is 24.2 Å². The lowest BCUT2D eigenvalue weighted by atomic mass is 10.1. The van der Waals surface area contributed by atoms with E-state index in [-0.39, 0.29) is 17.7 Å². The van der Waals surface area contributed by atoms with Gasteiger partial charge in [-0.05, 0) is 154 Å². The van der Waals surface area contributed by atoms with Crippen molar-refractivity contribution in [1.29, 1.82) is 0 Å². The zero-order valence-corrected chi connectivity index (χ0v) is 34.7. The predicted octanol–water partition coefficient (Wildman–Crippen LogP) is 9.76. The fourth-order valence-electron chi connectivity index (χ4n) is 6.21. The van der Waals surface area contributed by atoms with Gasteiger partial charge in [-0.1, -0.05) is 49.9 Å². The Kier molecular flexibility index (Phi) is 22.8. The monoisotopic (exact) mass is 759 g/mol. The number of halogens is 1. The molecule has 2 aliphatic heterocycles.